The van der Waals surface area contributed by atoms with E-state index in [1.807, 2.05) is 0 Å². The number of hydrogen-bond acceptors (Lipinski definition) is 5. The largest absolute Gasteiger partial charge is 0.493 e. The van der Waals surface area contributed by atoms with Crippen molar-refractivity contribution < 1.29 is 28.2 Å². The molecule has 33 heavy (non-hydrogen) atoms. The SMILES string of the molecule is COc1cc(C(C)=O)ccc1OCCCC(=O)N1CCN(C(=O)c2ccc(F)cc2Cl)CC1. The summed E-state index contributed by atoms with van der Waals surface area (Å²) in [5, 5.41) is 0.0751. The number of nitrogens with zero attached hydrogens (tertiary/aromatic N) is 2. The van der Waals surface area contributed by atoms with Gasteiger partial charge in [-0.25, -0.2) is 4.39 Å². The van der Waals surface area contributed by atoms with E-state index >= 15 is 0 Å². The van der Waals surface area contributed by atoms with Crippen molar-refractivity contribution in [1.29, 1.82) is 0 Å². The lowest BCUT2D eigenvalue weighted by atomic mass is 10.1. The summed E-state index contributed by atoms with van der Waals surface area (Å²) in [4.78, 5) is 40.0. The highest BCUT2D eigenvalue weighted by atomic mass is 35.5. The van der Waals surface area contributed by atoms with Gasteiger partial charge in [-0.2, -0.15) is 0 Å². The van der Waals surface area contributed by atoms with Crippen molar-refractivity contribution in [2.75, 3.05) is 39.9 Å². The van der Waals surface area contributed by atoms with Crippen LogP contribution in [0.3, 0.4) is 0 Å². The first-order valence-corrected chi connectivity index (χ1v) is 11.0. The zero-order valence-corrected chi connectivity index (χ0v) is 19.4. The highest BCUT2D eigenvalue weighted by molar-refractivity contribution is 6.33. The van der Waals surface area contributed by atoms with Crippen LogP contribution in [0.4, 0.5) is 4.39 Å². The number of benzene rings is 2. The van der Waals surface area contributed by atoms with E-state index in [4.69, 9.17) is 21.1 Å². The van der Waals surface area contributed by atoms with Crippen molar-refractivity contribution in [3.05, 3.63) is 58.4 Å². The van der Waals surface area contributed by atoms with Crippen LogP contribution in [0, 0.1) is 5.82 Å². The van der Waals surface area contributed by atoms with Crippen molar-refractivity contribution in [2.24, 2.45) is 0 Å². The fraction of sp³-hybridized carbons (Fsp3) is 0.375. The first-order chi connectivity index (χ1) is 15.8. The van der Waals surface area contributed by atoms with Crippen LogP contribution in [0.1, 0.15) is 40.5 Å². The number of halogens is 2. The molecule has 1 saturated heterocycles. The Morgan fingerprint density at radius 3 is 2.33 bits per heavy atom. The molecule has 0 spiro atoms. The highest BCUT2D eigenvalue weighted by Gasteiger charge is 2.25. The molecule has 1 fully saturated rings. The van der Waals surface area contributed by atoms with Crippen LogP contribution in [0.2, 0.25) is 5.02 Å². The monoisotopic (exact) mass is 476 g/mol. The maximum Gasteiger partial charge on any atom is 0.255 e. The topological polar surface area (TPSA) is 76.2 Å². The van der Waals surface area contributed by atoms with Gasteiger partial charge in [0.1, 0.15) is 5.82 Å². The molecule has 0 atom stereocenters. The van der Waals surface area contributed by atoms with Gasteiger partial charge in [-0.15, -0.1) is 0 Å². The Balaban J connectivity index is 1.43. The van der Waals surface area contributed by atoms with Crippen LogP contribution in [-0.2, 0) is 4.79 Å². The number of Topliss-reactive ketones (excluding diaryl/α,β-unsaturated/α-hetero) is 1. The summed E-state index contributed by atoms with van der Waals surface area (Å²) < 4.78 is 24.2. The Labute approximate surface area is 197 Å². The second kappa shape index (κ2) is 11.1. The molecular weight excluding hydrogens is 451 g/mol. The number of amides is 2. The molecule has 0 bridgehead atoms. The van der Waals surface area contributed by atoms with Crippen LogP contribution in [0.15, 0.2) is 36.4 Å². The quantitative estimate of drug-likeness (QED) is 0.427. The summed E-state index contributed by atoms with van der Waals surface area (Å²) in [6, 6.07) is 8.67. The average Bonchev–Trinajstić information content (AvgIpc) is 2.81. The maximum atomic E-state index is 13.2. The van der Waals surface area contributed by atoms with E-state index < -0.39 is 5.82 Å². The predicted octanol–water partition coefficient (Wildman–Crippen LogP) is 3.83. The van der Waals surface area contributed by atoms with E-state index in [1.165, 1.54) is 26.2 Å². The van der Waals surface area contributed by atoms with Gasteiger partial charge in [0.05, 0.1) is 24.3 Å². The fourth-order valence-corrected chi connectivity index (χ4v) is 3.81. The Bertz CT molecular complexity index is 1040. The second-order valence-corrected chi connectivity index (χ2v) is 8.08. The zero-order chi connectivity index (χ0) is 24.0. The van der Waals surface area contributed by atoms with Crippen LogP contribution in [0.5, 0.6) is 11.5 Å². The van der Waals surface area contributed by atoms with Crippen LogP contribution in [-0.4, -0.2) is 67.3 Å². The number of hydrogen-bond donors (Lipinski definition) is 0. The average molecular weight is 477 g/mol. The normalized spacial score (nSPS) is 13.6. The van der Waals surface area contributed by atoms with Crippen molar-refractivity contribution in [3.63, 3.8) is 0 Å². The van der Waals surface area contributed by atoms with Gasteiger partial charge in [0.25, 0.3) is 5.91 Å². The molecule has 2 amide bonds. The lowest BCUT2D eigenvalue weighted by Gasteiger charge is -2.35. The molecular formula is C24H26ClFN2O5. The fourth-order valence-electron chi connectivity index (χ4n) is 3.56. The zero-order valence-electron chi connectivity index (χ0n) is 18.6. The molecule has 0 aromatic heterocycles. The van der Waals surface area contributed by atoms with E-state index in [0.29, 0.717) is 62.7 Å². The molecule has 0 radical (unpaired) electrons. The van der Waals surface area contributed by atoms with E-state index in [0.717, 1.165) is 6.07 Å². The van der Waals surface area contributed by atoms with Crippen LogP contribution >= 0.6 is 11.6 Å². The molecule has 2 aromatic carbocycles. The van der Waals surface area contributed by atoms with Gasteiger partial charge in [0.15, 0.2) is 17.3 Å². The molecule has 1 heterocycles. The highest BCUT2D eigenvalue weighted by Crippen LogP contribution is 2.28. The molecule has 1 aliphatic heterocycles. The van der Waals surface area contributed by atoms with Crippen molar-refractivity contribution >= 4 is 29.2 Å². The van der Waals surface area contributed by atoms with E-state index in [9.17, 15) is 18.8 Å². The number of carbonyl (C=O) groups is 3. The molecule has 7 nitrogen and oxygen atoms in total. The molecule has 0 unspecified atom stereocenters. The third-order valence-electron chi connectivity index (χ3n) is 5.44. The summed E-state index contributed by atoms with van der Waals surface area (Å²) in [6.45, 7) is 3.41. The number of ketones is 1. The van der Waals surface area contributed by atoms with Gasteiger partial charge in [0, 0.05) is 38.2 Å². The van der Waals surface area contributed by atoms with E-state index in [2.05, 4.69) is 0 Å². The van der Waals surface area contributed by atoms with Gasteiger partial charge >= 0.3 is 0 Å². The number of piperazine rings is 1. The summed E-state index contributed by atoms with van der Waals surface area (Å²) >= 11 is 5.99. The lowest BCUT2D eigenvalue weighted by Crippen LogP contribution is -2.50. The Morgan fingerprint density at radius 1 is 1.00 bits per heavy atom. The van der Waals surface area contributed by atoms with E-state index in [-0.39, 0.29) is 28.2 Å². The smallest absolute Gasteiger partial charge is 0.255 e. The van der Waals surface area contributed by atoms with Crippen molar-refractivity contribution in [2.45, 2.75) is 19.8 Å². The molecule has 1 aliphatic rings. The van der Waals surface area contributed by atoms with Crippen molar-refractivity contribution in [1.82, 2.24) is 9.80 Å². The molecule has 3 rings (SSSR count). The second-order valence-electron chi connectivity index (χ2n) is 7.67. The lowest BCUT2D eigenvalue weighted by molar-refractivity contribution is -0.132. The first kappa shape index (κ1) is 24.5. The first-order valence-electron chi connectivity index (χ1n) is 10.6. The minimum Gasteiger partial charge on any atom is -0.493 e. The molecule has 176 valence electrons. The van der Waals surface area contributed by atoms with Gasteiger partial charge in [-0.1, -0.05) is 11.6 Å². The van der Waals surface area contributed by atoms with Gasteiger partial charge in [0.2, 0.25) is 5.91 Å². The molecule has 9 heteroatoms. The molecule has 0 saturated carbocycles. The van der Waals surface area contributed by atoms with Gasteiger partial charge in [-0.05, 0) is 49.7 Å². The Morgan fingerprint density at radius 2 is 1.70 bits per heavy atom. The minimum atomic E-state index is -0.498. The number of methoxy groups -OCH3 is 1. The van der Waals surface area contributed by atoms with Crippen LogP contribution in [0.25, 0.3) is 0 Å². The van der Waals surface area contributed by atoms with Gasteiger partial charge < -0.3 is 19.3 Å². The number of carbonyl (C=O) groups excluding carboxylic acids is 3. The molecule has 0 aliphatic carbocycles. The Hall–Kier alpha value is -3.13. The number of rotatable bonds is 8. The van der Waals surface area contributed by atoms with Gasteiger partial charge in [-0.3, -0.25) is 14.4 Å². The minimum absolute atomic E-state index is 0.00981. The summed E-state index contributed by atoms with van der Waals surface area (Å²) in [7, 11) is 1.50. The third-order valence-corrected chi connectivity index (χ3v) is 5.76. The summed E-state index contributed by atoms with van der Waals surface area (Å²) in [5.41, 5.74) is 0.787. The standard InChI is InChI=1S/C24H26ClFN2O5/c1-16(29)17-5-8-21(22(14-17)32-2)33-13-3-4-23(30)27-9-11-28(12-10-27)24(31)19-7-6-18(26)15-20(19)25/h5-8,14-15H,3-4,9-13H2,1-2H3. The Kier molecular flexibility index (Phi) is 8.27. The maximum absolute atomic E-state index is 13.2. The summed E-state index contributed by atoms with van der Waals surface area (Å²) in [5.74, 6) is 0.141. The predicted molar refractivity (Wildman–Crippen MR) is 122 cm³/mol. The third kappa shape index (κ3) is 6.22. The van der Waals surface area contributed by atoms with Crippen molar-refractivity contribution in [3.8, 4) is 11.5 Å². The molecule has 0 N–H and O–H groups in total. The summed E-state index contributed by atoms with van der Waals surface area (Å²) in [6.07, 6.45) is 0.826. The number of ether oxygens (including phenoxy) is 2. The van der Waals surface area contributed by atoms with E-state index in [1.54, 1.807) is 28.0 Å². The van der Waals surface area contributed by atoms with Crippen LogP contribution < -0.4 is 9.47 Å². The molecule has 2 aromatic rings.